The van der Waals surface area contributed by atoms with Crippen molar-refractivity contribution in [1.29, 1.82) is 0 Å². The zero-order valence-corrected chi connectivity index (χ0v) is 12.6. The third kappa shape index (κ3) is 3.69. The molecule has 0 saturated carbocycles. The number of ether oxygens (including phenoxy) is 1. The molecule has 0 heterocycles. The summed E-state index contributed by atoms with van der Waals surface area (Å²) in [5, 5.41) is 5.21. The molecule has 0 spiro atoms. The van der Waals surface area contributed by atoms with Crippen LogP contribution in [0.1, 0.15) is 13.8 Å². The van der Waals surface area contributed by atoms with Gasteiger partial charge in [-0.3, -0.25) is 9.88 Å². The predicted octanol–water partition coefficient (Wildman–Crippen LogP) is 3.27. The van der Waals surface area contributed by atoms with E-state index in [2.05, 4.69) is 5.09 Å². The van der Waals surface area contributed by atoms with Gasteiger partial charge in [0.25, 0.3) is 0 Å². The molecule has 5 heteroatoms. The summed E-state index contributed by atoms with van der Waals surface area (Å²) in [6.07, 6.45) is 0. The molecule has 2 aromatic rings. The van der Waals surface area contributed by atoms with Crippen molar-refractivity contribution in [2.24, 2.45) is 0 Å². The predicted molar refractivity (Wildman–Crippen MR) is 82.1 cm³/mol. The summed E-state index contributed by atoms with van der Waals surface area (Å²) < 4.78 is 10.7. The van der Waals surface area contributed by atoms with Gasteiger partial charge in [0.2, 0.25) is 0 Å². The van der Waals surface area contributed by atoms with Gasteiger partial charge in [0.1, 0.15) is 20.7 Å². The summed E-state index contributed by atoms with van der Waals surface area (Å²) in [4.78, 5) is 11.5. The Morgan fingerprint density at radius 3 is 2.80 bits per heavy atom. The molecule has 0 fully saturated rings. The quantitative estimate of drug-likeness (QED) is 0.655. The van der Waals surface area contributed by atoms with Crippen LogP contribution in [0.4, 0.5) is 0 Å². The van der Waals surface area contributed by atoms with Crippen molar-refractivity contribution in [1.82, 2.24) is 5.09 Å². The number of carbonyl (C=O) groups excluding carboxylic acids is 1. The Labute approximate surface area is 120 Å². The average Bonchev–Trinajstić information content (AvgIpc) is 2.47. The second-order valence-corrected chi connectivity index (χ2v) is 5.00. The van der Waals surface area contributed by atoms with Gasteiger partial charge in [-0.1, -0.05) is 36.4 Å². The minimum absolute atomic E-state index is 0.000314. The lowest BCUT2D eigenvalue weighted by Crippen LogP contribution is -2.30. The van der Waals surface area contributed by atoms with Crippen LogP contribution in [0, 0.1) is 0 Å². The highest BCUT2D eigenvalue weighted by Crippen LogP contribution is 2.28. The second-order valence-electron chi connectivity index (χ2n) is 4.30. The van der Waals surface area contributed by atoms with Crippen molar-refractivity contribution in [3.05, 3.63) is 42.5 Å². The largest absolute Gasteiger partial charge is 0.465 e. The lowest BCUT2D eigenvalue weighted by Gasteiger charge is -2.13. The van der Waals surface area contributed by atoms with E-state index in [1.165, 1.54) is 0 Å². The normalized spacial score (nSPS) is 12.7. The number of fused-ring (bicyclic) bond motifs is 1. The lowest BCUT2D eigenvalue weighted by atomic mass is 10.1. The smallest absolute Gasteiger partial charge is 0.323 e. The van der Waals surface area contributed by atoms with Crippen LogP contribution in [0.3, 0.4) is 0 Å². The van der Waals surface area contributed by atoms with E-state index in [-0.39, 0.29) is 21.0 Å². The van der Waals surface area contributed by atoms with E-state index in [1.807, 2.05) is 42.5 Å². The maximum absolute atomic E-state index is 11.5. The SMILES string of the molecule is CCOC(=O)[C@H](C)NPOc1cccc2ccccc12. The molecule has 2 rings (SSSR count). The zero-order valence-electron chi connectivity index (χ0n) is 11.6. The molecule has 0 amide bonds. The first-order valence-electron chi connectivity index (χ1n) is 6.54. The standard InChI is InChI=1S/C15H18NO3P/c1-3-18-15(17)11(2)16-20-19-14-10-6-8-12-7-4-5-9-13(12)14/h4-11,16,20H,3H2,1-2H3/t11-/m0/s1. The molecule has 2 aromatic carbocycles. The summed E-state index contributed by atoms with van der Waals surface area (Å²) in [6, 6.07) is 13.6. The molecule has 0 saturated heterocycles. The topological polar surface area (TPSA) is 47.6 Å². The molecule has 1 N–H and O–H groups in total. The van der Waals surface area contributed by atoms with Gasteiger partial charge in [-0.15, -0.1) is 0 Å². The van der Waals surface area contributed by atoms with Crippen molar-refractivity contribution in [3.63, 3.8) is 0 Å². The first kappa shape index (κ1) is 14.8. The molecule has 2 atom stereocenters. The fourth-order valence-electron chi connectivity index (χ4n) is 1.78. The van der Waals surface area contributed by atoms with Gasteiger partial charge >= 0.3 is 5.97 Å². The van der Waals surface area contributed by atoms with E-state index >= 15 is 0 Å². The van der Waals surface area contributed by atoms with Crippen LogP contribution >= 0.6 is 8.96 Å². The van der Waals surface area contributed by atoms with Crippen molar-refractivity contribution in [3.8, 4) is 5.75 Å². The molecule has 0 bridgehead atoms. The van der Waals surface area contributed by atoms with E-state index in [0.717, 1.165) is 16.5 Å². The number of benzene rings is 2. The van der Waals surface area contributed by atoms with Gasteiger partial charge < -0.3 is 9.26 Å². The van der Waals surface area contributed by atoms with E-state index in [1.54, 1.807) is 13.8 Å². The Morgan fingerprint density at radius 2 is 2.00 bits per heavy atom. The van der Waals surface area contributed by atoms with Gasteiger partial charge in [0.05, 0.1) is 6.61 Å². The number of carbonyl (C=O) groups is 1. The van der Waals surface area contributed by atoms with Crippen molar-refractivity contribution >= 4 is 25.7 Å². The Balaban J connectivity index is 1.95. The highest BCUT2D eigenvalue weighted by Gasteiger charge is 2.13. The molecule has 0 aromatic heterocycles. The Bertz CT molecular complexity index is 583. The van der Waals surface area contributed by atoms with Gasteiger partial charge in [-0.05, 0) is 25.3 Å². The fraction of sp³-hybridized carbons (Fsp3) is 0.267. The number of nitrogens with one attached hydrogen (secondary N) is 1. The molecule has 4 nitrogen and oxygen atoms in total. The van der Waals surface area contributed by atoms with E-state index < -0.39 is 0 Å². The Hall–Kier alpha value is -1.64. The van der Waals surface area contributed by atoms with Gasteiger partial charge in [-0.25, -0.2) is 0 Å². The third-order valence-electron chi connectivity index (χ3n) is 2.83. The van der Waals surface area contributed by atoms with Crippen molar-refractivity contribution in [2.75, 3.05) is 6.61 Å². The van der Waals surface area contributed by atoms with Crippen LogP contribution in [0.2, 0.25) is 0 Å². The van der Waals surface area contributed by atoms with Crippen molar-refractivity contribution < 1.29 is 14.1 Å². The molecule has 0 radical (unpaired) electrons. The van der Waals surface area contributed by atoms with Crippen LogP contribution < -0.4 is 9.61 Å². The van der Waals surface area contributed by atoms with Crippen LogP contribution in [-0.4, -0.2) is 18.6 Å². The van der Waals surface area contributed by atoms with Crippen LogP contribution in [-0.2, 0) is 9.53 Å². The number of hydrogen-bond donors (Lipinski definition) is 1. The first-order valence-corrected chi connectivity index (χ1v) is 7.45. The molecule has 1 unspecified atom stereocenters. The van der Waals surface area contributed by atoms with Crippen LogP contribution in [0.5, 0.6) is 5.75 Å². The van der Waals surface area contributed by atoms with Crippen LogP contribution in [0.15, 0.2) is 42.5 Å². The van der Waals surface area contributed by atoms with E-state index in [9.17, 15) is 4.79 Å². The molecular weight excluding hydrogens is 273 g/mol. The lowest BCUT2D eigenvalue weighted by molar-refractivity contribution is -0.144. The van der Waals surface area contributed by atoms with Gasteiger partial charge in [-0.2, -0.15) is 0 Å². The minimum atomic E-state index is -0.372. The zero-order chi connectivity index (χ0) is 14.4. The van der Waals surface area contributed by atoms with Gasteiger partial charge in [0.15, 0.2) is 0 Å². The van der Waals surface area contributed by atoms with E-state index in [0.29, 0.717) is 6.61 Å². The molecule has 0 aliphatic heterocycles. The highest BCUT2D eigenvalue weighted by atomic mass is 31.1. The summed E-state index contributed by atoms with van der Waals surface area (Å²) in [7, 11) is -0.000314. The highest BCUT2D eigenvalue weighted by molar-refractivity contribution is 7.30. The fourth-order valence-corrected chi connectivity index (χ4v) is 2.43. The average molecular weight is 291 g/mol. The molecule has 106 valence electrons. The molecule has 0 aliphatic rings. The van der Waals surface area contributed by atoms with Crippen molar-refractivity contribution in [2.45, 2.75) is 19.9 Å². The van der Waals surface area contributed by atoms with E-state index in [4.69, 9.17) is 9.26 Å². The summed E-state index contributed by atoms with van der Waals surface area (Å²) in [5.74, 6) is 0.548. The molecule has 20 heavy (non-hydrogen) atoms. The molecule has 0 aliphatic carbocycles. The number of hydrogen-bond acceptors (Lipinski definition) is 4. The number of esters is 1. The molecular formula is C15H18NO3P. The first-order chi connectivity index (χ1) is 9.72. The maximum atomic E-state index is 11.5. The number of rotatable bonds is 6. The summed E-state index contributed by atoms with van der Waals surface area (Å²) in [5.41, 5.74) is 0. The Kier molecular flexibility index (Phi) is 5.33. The maximum Gasteiger partial charge on any atom is 0.323 e. The monoisotopic (exact) mass is 291 g/mol. The Morgan fingerprint density at radius 1 is 1.25 bits per heavy atom. The third-order valence-corrected chi connectivity index (χ3v) is 3.70. The summed E-state index contributed by atoms with van der Waals surface area (Å²) in [6.45, 7) is 3.94. The van der Waals surface area contributed by atoms with Gasteiger partial charge in [0, 0.05) is 5.39 Å². The summed E-state index contributed by atoms with van der Waals surface area (Å²) >= 11 is 0. The second kappa shape index (κ2) is 7.22. The minimum Gasteiger partial charge on any atom is -0.465 e. The van der Waals surface area contributed by atoms with Crippen LogP contribution in [0.25, 0.3) is 10.8 Å².